The van der Waals surface area contributed by atoms with Crippen molar-refractivity contribution in [1.29, 1.82) is 0 Å². The molecule has 1 fully saturated rings. The second kappa shape index (κ2) is 5.93. The van der Waals surface area contributed by atoms with E-state index in [-0.39, 0.29) is 6.10 Å². The number of aliphatic hydroxyl groups is 1. The summed E-state index contributed by atoms with van der Waals surface area (Å²) in [5, 5.41) is 9.77. The normalized spacial score (nSPS) is 23.3. The van der Waals surface area contributed by atoms with Gasteiger partial charge in [0.05, 0.1) is 6.10 Å². The van der Waals surface area contributed by atoms with Gasteiger partial charge in [-0.15, -0.1) is 0 Å². The Balaban J connectivity index is 1.50. The molecule has 0 aromatic heterocycles. The molecule has 3 nitrogen and oxygen atoms in total. The fraction of sp³-hybridized carbons (Fsp3) is 0.625. The van der Waals surface area contributed by atoms with Crippen molar-refractivity contribution in [3.63, 3.8) is 0 Å². The van der Waals surface area contributed by atoms with Crippen LogP contribution in [0.25, 0.3) is 0 Å². The molecule has 0 saturated carbocycles. The largest absolute Gasteiger partial charge is 0.492 e. The molecule has 0 spiro atoms. The van der Waals surface area contributed by atoms with Gasteiger partial charge in [-0.05, 0) is 62.0 Å². The number of rotatable bonds is 4. The Morgan fingerprint density at radius 1 is 1.21 bits per heavy atom. The first-order valence-corrected chi connectivity index (χ1v) is 7.49. The van der Waals surface area contributed by atoms with E-state index in [9.17, 15) is 5.11 Å². The zero-order valence-corrected chi connectivity index (χ0v) is 11.5. The Bertz CT molecular complexity index is 427. The zero-order valence-electron chi connectivity index (χ0n) is 11.5. The minimum atomic E-state index is -0.266. The van der Waals surface area contributed by atoms with Gasteiger partial charge < -0.3 is 9.84 Å². The first-order valence-electron chi connectivity index (χ1n) is 7.49. The van der Waals surface area contributed by atoms with Crippen LogP contribution in [0, 0.1) is 0 Å². The summed E-state index contributed by atoms with van der Waals surface area (Å²) in [5.41, 5.74) is 2.34. The van der Waals surface area contributed by atoms with Gasteiger partial charge in [-0.2, -0.15) is 0 Å². The first-order chi connectivity index (χ1) is 9.33. The summed E-state index contributed by atoms with van der Waals surface area (Å²) < 4.78 is 5.85. The SMILES string of the molecule is OC1CCc2cc(OCCN3CCCCC3)ccc21. The molecule has 0 amide bonds. The van der Waals surface area contributed by atoms with E-state index in [0.717, 1.165) is 37.3 Å². The van der Waals surface area contributed by atoms with Crippen molar-refractivity contribution >= 4 is 0 Å². The van der Waals surface area contributed by atoms with Gasteiger partial charge in [-0.1, -0.05) is 12.5 Å². The van der Waals surface area contributed by atoms with Crippen LogP contribution in [0.15, 0.2) is 18.2 Å². The van der Waals surface area contributed by atoms with Crippen molar-refractivity contribution in [3.8, 4) is 5.75 Å². The number of hydrogen-bond acceptors (Lipinski definition) is 3. The summed E-state index contributed by atoms with van der Waals surface area (Å²) in [7, 11) is 0. The van der Waals surface area contributed by atoms with Crippen LogP contribution in [0.5, 0.6) is 5.75 Å². The number of benzene rings is 1. The molecule has 0 bridgehead atoms. The molecule has 1 aromatic rings. The minimum Gasteiger partial charge on any atom is -0.492 e. The number of nitrogens with zero attached hydrogens (tertiary/aromatic N) is 1. The molecule has 3 heteroatoms. The van der Waals surface area contributed by atoms with Gasteiger partial charge in [0.15, 0.2) is 0 Å². The lowest BCUT2D eigenvalue weighted by atomic mass is 10.1. The van der Waals surface area contributed by atoms with Crippen molar-refractivity contribution < 1.29 is 9.84 Å². The minimum absolute atomic E-state index is 0.266. The van der Waals surface area contributed by atoms with E-state index >= 15 is 0 Å². The van der Waals surface area contributed by atoms with Crippen molar-refractivity contribution in [2.24, 2.45) is 0 Å². The lowest BCUT2D eigenvalue weighted by molar-refractivity contribution is 0.179. The molecular weight excluding hydrogens is 238 g/mol. The van der Waals surface area contributed by atoms with E-state index in [4.69, 9.17) is 4.74 Å². The highest BCUT2D eigenvalue weighted by Crippen LogP contribution is 2.33. The molecule has 2 aliphatic rings. The number of fused-ring (bicyclic) bond motifs is 1. The van der Waals surface area contributed by atoms with Crippen molar-refractivity contribution in [2.45, 2.75) is 38.2 Å². The fourth-order valence-corrected chi connectivity index (χ4v) is 3.14. The van der Waals surface area contributed by atoms with E-state index in [1.54, 1.807) is 0 Å². The molecule has 1 heterocycles. The number of likely N-dealkylation sites (tertiary alicyclic amines) is 1. The highest BCUT2D eigenvalue weighted by molar-refractivity contribution is 5.39. The molecule has 1 unspecified atom stereocenters. The summed E-state index contributed by atoms with van der Waals surface area (Å²) in [6, 6.07) is 6.11. The highest BCUT2D eigenvalue weighted by atomic mass is 16.5. The first kappa shape index (κ1) is 12.9. The Hall–Kier alpha value is -1.06. The standard InChI is InChI=1S/C16H23NO2/c18-16-7-4-13-12-14(5-6-15(13)16)19-11-10-17-8-2-1-3-9-17/h5-6,12,16,18H,1-4,7-11H2. The molecule has 1 aliphatic carbocycles. The van der Waals surface area contributed by atoms with Crippen LogP contribution >= 0.6 is 0 Å². The summed E-state index contributed by atoms with van der Waals surface area (Å²) in [4.78, 5) is 2.49. The quantitative estimate of drug-likeness (QED) is 0.904. The maximum atomic E-state index is 9.77. The van der Waals surface area contributed by atoms with Crippen LogP contribution in [0.2, 0.25) is 0 Å². The lowest BCUT2D eigenvalue weighted by Gasteiger charge is -2.26. The van der Waals surface area contributed by atoms with Gasteiger partial charge >= 0.3 is 0 Å². The molecule has 0 radical (unpaired) electrons. The predicted octanol–water partition coefficient (Wildman–Crippen LogP) is 2.53. The van der Waals surface area contributed by atoms with Gasteiger partial charge in [0.2, 0.25) is 0 Å². The Kier molecular flexibility index (Phi) is 4.04. The molecule has 19 heavy (non-hydrogen) atoms. The predicted molar refractivity (Wildman–Crippen MR) is 75.5 cm³/mol. The molecule has 1 aromatic carbocycles. The number of ether oxygens (including phenoxy) is 1. The van der Waals surface area contributed by atoms with Crippen LogP contribution in [-0.4, -0.2) is 36.2 Å². The maximum Gasteiger partial charge on any atom is 0.119 e. The van der Waals surface area contributed by atoms with Gasteiger partial charge in [-0.25, -0.2) is 0 Å². The van der Waals surface area contributed by atoms with Gasteiger partial charge in [0.1, 0.15) is 12.4 Å². The molecule has 1 saturated heterocycles. The zero-order chi connectivity index (χ0) is 13.1. The van der Waals surface area contributed by atoms with Crippen LogP contribution in [0.1, 0.15) is 42.9 Å². The van der Waals surface area contributed by atoms with E-state index in [2.05, 4.69) is 11.0 Å². The molecule has 1 aliphatic heterocycles. The summed E-state index contributed by atoms with van der Waals surface area (Å²) in [5.74, 6) is 0.949. The topological polar surface area (TPSA) is 32.7 Å². The van der Waals surface area contributed by atoms with E-state index < -0.39 is 0 Å². The van der Waals surface area contributed by atoms with Gasteiger partial charge in [0, 0.05) is 6.54 Å². The molecular formula is C16H23NO2. The smallest absolute Gasteiger partial charge is 0.119 e. The number of aliphatic hydroxyl groups excluding tert-OH is 1. The Labute approximate surface area is 115 Å². The third kappa shape index (κ3) is 3.10. The Morgan fingerprint density at radius 3 is 2.89 bits per heavy atom. The van der Waals surface area contributed by atoms with Crippen molar-refractivity contribution in [3.05, 3.63) is 29.3 Å². The average Bonchev–Trinajstić information content (AvgIpc) is 2.81. The second-order valence-electron chi connectivity index (χ2n) is 5.67. The maximum absolute atomic E-state index is 9.77. The fourth-order valence-electron chi connectivity index (χ4n) is 3.14. The number of aryl methyl sites for hydroxylation is 1. The highest BCUT2D eigenvalue weighted by Gasteiger charge is 2.20. The molecule has 1 atom stereocenters. The number of hydrogen-bond donors (Lipinski definition) is 1. The molecule has 3 rings (SSSR count). The van der Waals surface area contributed by atoms with E-state index in [1.165, 1.54) is 37.9 Å². The van der Waals surface area contributed by atoms with Crippen molar-refractivity contribution in [2.75, 3.05) is 26.2 Å². The van der Waals surface area contributed by atoms with Crippen LogP contribution in [0.4, 0.5) is 0 Å². The average molecular weight is 261 g/mol. The Morgan fingerprint density at radius 2 is 2.05 bits per heavy atom. The van der Waals surface area contributed by atoms with Crippen molar-refractivity contribution in [1.82, 2.24) is 4.90 Å². The van der Waals surface area contributed by atoms with E-state index in [0.29, 0.717) is 0 Å². The molecule has 104 valence electrons. The third-order valence-electron chi connectivity index (χ3n) is 4.29. The van der Waals surface area contributed by atoms with Gasteiger partial charge in [0.25, 0.3) is 0 Å². The van der Waals surface area contributed by atoms with Crippen LogP contribution in [-0.2, 0) is 6.42 Å². The summed E-state index contributed by atoms with van der Waals surface area (Å²) >= 11 is 0. The summed E-state index contributed by atoms with van der Waals surface area (Å²) in [6.07, 6.45) is 5.60. The van der Waals surface area contributed by atoms with Crippen LogP contribution in [0.3, 0.4) is 0 Å². The summed E-state index contributed by atoms with van der Waals surface area (Å²) in [6.45, 7) is 4.24. The second-order valence-corrected chi connectivity index (χ2v) is 5.67. The molecule has 1 N–H and O–H groups in total. The number of piperidine rings is 1. The van der Waals surface area contributed by atoms with E-state index in [1.807, 2.05) is 12.1 Å². The van der Waals surface area contributed by atoms with Gasteiger partial charge in [-0.3, -0.25) is 4.90 Å². The van der Waals surface area contributed by atoms with Crippen LogP contribution < -0.4 is 4.74 Å². The third-order valence-corrected chi connectivity index (χ3v) is 4.29. The lowest BCUT2D eigenvalue weighted by Crippen LogP contribution is -2.33. The monoisotopic (exact) mass is 261 g/mol.